The highest BCUT2D eigenvalue weighted by Gasteiger charge is 2.30. The lowest BCUT2D eigenvalue weighted by atomic mass is 9.77. The van der Waals surface area contributed by atoms with Crippen molar-refractivity contribution in [1.82, 2.24) is 0 Å². The Hall–Kier alpha value is -0.300. The molecule has 0 aromatic rings. The van der Waals surface area contributed by atoms with Gasteiger partial charge in [0, 0.05) is 0 Å². The first-order chi connectivity index (χ1) is 8.18. The Labute approximate surface area is 106 Å². The van der Waals surface area contributed by atoms with Crippen molar-refractivity contribution in [3.05, 3.63) is 12.2 Å². The van der Waals surface area contributed by atoms with Crippen molar-refractivity contribution < 1.29 is 5.11 Å². The van der Waals surface area contributed by atoms with E-state index in [0.29, 0.717) is 0 Å². The van der Waals surface area contributed by atoms with Crippen molar-refractivity contribution >= 4 is 0 Å². The predicted molar refractivity (Wildman–Crippen MR) is 73.0 cm³/mol. The molecule has 0 spiro atoms. The van der Waals surface area contributed by atoms with Gasteiger partial charge in [0.25, 0.3) is 0 Å². The van der Waals surface area contributed by atoms with Gasteiger partial charge in [-0.25, -0.2) is 0 Å². The Bertz CT molecular complexity index is 244. The maximum Gasteiger partial charge on any atom is 0.0684 e. The number of aliphatic hydroxyl groups is 1. The molecule has 2 aliphatic rings. The molecule has 0 unspecified atom stereocenters. The summed E-state index contributed by atoms with van der Waals surface area (Å²) < 4.78 is 0. The van der Waals surface area contributed by atoms with E-state index in [0.717, 1.165) is 25.2 Å². The first-order valence-electron chi connectivity index (χ1n) is 7.57. The van der Waals surface area contributed by atoms with Crippen molar-refractivity contribution in [3.63, 3.8) is 0 Å². The molecule has 0 aromatic carbocycles. The zero-order valence-corrected chi connectivity index (χ0v) is 11.2. The normalized spacial score (nSPS) is 25.7. The fraction of sp³-hybridized carbons (Fsp3) is 0.875. The second kappa shape index (κ2) is 6.04. The predicted octanol–water partition coefficient (Wildman–Crippen LogP) is 4.60. The molecular weight excluding hydrogens is 208 g/mol. The van der Waals surface area contributed by atoms with Crippen LogP contribution in [0, 0.1) is 5.92 Å². The summed E-state index contributed by atoms with van der Waals surface area (Å²) in [5, 5.41) is 10.5. The van der Waals surface area contributed by atoms with Crippen molar-refractivity contribution in [2.45, 2.75) is 82.7 Å². The number of hydrogen-bond acceptors (Lipinski definition) is 1. The first-order valence-corrected chi connectivity index (χ1v) is 7.57. The molecule has 2 rings (SSSR count). The van der Waals surface area contributed by atoms with Gasteiger partial charge in [0.1, 0.15) is 0 Å². The van der Waals surface area contributed by atoms with Crippen LogP contribution in [0.25, 0.3) is 0 Å². The summed E-state index contributed by atoms with van der Waals surface area (Å²) in [5.41, 5.74) is 0.908. The van der Waals surface area contributed by atoms with Crippen molar-refractivity contribution in [2.24, 2.45) is 5.92 Å². The molecule has 0 aliphatic heterocycles. The topological polar surface area (TPSA) is 20.2 Å². The molecule has 0 atom stereocenters. The van der Waals surface area contributed by atoms with E-state index in [4.69, 9.17) is 0 Å². The third kappa shape index (κ3) is 4.13. The van der Waals surface area contributed by atoms with Crippen molar-refractivity contribution in [3.8, 4) is 0 Å². The molecule has 1 heteroatoms. The molecule has 2 fully saturated rings. The van der Waals surface area contributed by atoms with E-state index in [9.17, 15) is 5.11 Å². The Morgan fingerprint density at radius 3 is 2.24 bits per heavy atom. The molecule has 0 heterocycles. The Morgan fingerprint density at radius 1 is 1.00 bits per heavy atom. The second-order valence-corrected chi connectivity index (χ2v) is 6.42. The van der Waals surface area contributed by atoms with Gasteiger partial charge in [-0.15, -0.1) is 0 Å². The van der Waals surface area contributed by atoms with Crippen LogP contribution in [0.5, 0.6) is 0 Å². The molecule has 2 aliphatic carbocycles. The summed E-state index contributed by atoms with van der Waals surface area (Å²) in [7, 11) is 0. The van der Waals surface area contributed by atoms with Crippen LogP contribution in [0.3, 0.4) is 0 Å². The van der Waals surface area contributed by atoms with E-state index in [1.165, 1.54) is 63.4 Å². The molecule has 1 N–H and O–H groups in total. The van der Waals surface area contributed by atoms with Gasteiger partial charge in [-0.1, -0.05) is 63.5 Å². The number of rotatable bonds is 4. The van der Waals surface area contributed by atoms with Crippen LogP contribution in [0.4, 0.5) is 0 Å². The standard InChI is InChI=1S/C16H28O/c1-14(12-15-8-4-2-5-9-15)13-16(17)10-6-3-7-11-16/h15,17H,1-13H2. The Kier molecular flexibility index (Phi) is 4.67. The summed E-state index contributed by atoms with van der Waals surface area (Å²) in [6, 6.07) is 0. The van der Waals surface area contributed by atoms with Crippen LogP contribution < -0.4 is 0 Å². The summed E-state index contributed by atoms with van der Waals surface area (Å²) in [6.07, 6.45) is 14.7. The molecule has 1 nitrogen and oxygen atoms in total. The highest BCUT2D eigenvalue weighted by Crippen LogP contribution is 2.36. The molecule has 17 heavy (non-hydrogen) atoms. The fourth-order valence-electron chi connectivity index (χ4n) is 3.72. The van der Waals surface area contributed by atoms with Gasteiger partial charge in [-0.05, 0) is 31.6 Å². The van der Waals surface area contributed by atoms with E-state index in [1.807, 2.05) is 0 Å². The molecule has 0 radical (unpaired) electrons. The maximum atomic E-state index is 10.5. The fourth-order valence-corrected chi connectivity index (χ4v) is 3.72. The SMILES string of the molecule is C=C(CC1CCCCC1)CC1(O)CCCCC1. The molecule has 0 amide bonds. The number of hydrogen-bond donors (Lipinski definition) is 1. The van der Waals surface area contributed by atoms with Gasteiger partial charge in [-0.3, -0.25) is 0 Å². The van der Waals surface area contributed by atoms with E-state index in [2.05, 4.69) is 6.58 Å². The largest absolute Gasteiger partial charge is 0.390 e. The van der Waals surface area contributed by atoms with Crippen LogP contribution in [0.15, 0.2) is 12.2 Å². The molecule has 0 saturated heterocycles. The minimum absolute atomic E-state index is 0.399. The van der Waals surface area contributed by atoms with Crippen LogP contribution in [0.1, 0.15) is 77.0 Å². The van der Waals surface area contributed by atoms with Gasteiger partial charge >= 0.3 is 0 Å². The third-order valence-corrected chi connectivity index (χ3v) is 4.67. The van der Waals surface area contributed by atoms with Gasteiger partial charge in [0.2, 0.25) is 0 Å². The van der Waals surface area contributed by atoms with Crippen LogP contribution in [-0.4, -0.2) is 10.7 Å². The molecule has 2 saturated carbocycles. The minimum atomic E-state index is -0.399. The highest BCUT2D eigenvalue weighted by atomic mass is 16.3. The lowest BCUT2D eigenvalue weighted by molar-refractivity contribution is 0.00350. The van der Waals surface area contributed by atoms with Gasteiger partial charge in [0.05, 0.1) is 5.60 Å². The van der Waals surface area contributed by atoms with Crippen LogP contribution in [0.2, 0.25) is 0 Å². The van der Waals surface area contributed by atoms with Gasteiger partial charge in [-0.2, -0.15) is 0 Å². The summed E-state index contributed by atoms with van der Waals surface area (Å²) in [6.45, 7) is 4.23. The minimum Gasteiger partial charge on any atom is -0.390 e. The maximum absolute atomic E-state index is 10.5. The molecule has 0 aromatic heterocycles. The van der Waals surface area contributed by atoms with E-state index < -0.39 is 5.60 Å². The monoisotopic (exact) mass is 236 g/mol. The average molecular weight is 236 g/mol. The van der Waals surface area contributed by atoms with Crippen molar-refractivity contribution in [2.75, 3.05) is 0 Å². The van der Waals surface area contributed by atoms with Crippen LogP contribution >= 0.6 is 0 Å². The van der Waals surface area contributed by atoms with Crippen molar-refractivity contribution in [1.29, 1.82) is 0 Å². The summed E-state index contributed by atoms with van der Waals surface area (Å²) in [5.74, 6) is 0.864. The summed E-state index contributed by atoms with van der Waals surface area (Å²) >= 11 is 0. The lowest BCUT2D eigenvalue weighted by Crippen LogP contribution is -2.31. The highest BCUT2D eigenvalue weighted by molar-refractivity contribution is 5.03. The van der Waals surface area contributed by atoms with Gasteiger partial charge in [0.15, 0.2) is 0 Å². The lowest BCUT2D eigenvalue weighted by Gasteiger charge is -2.33. The molecular formula is C16H28O. The van der Waals surface area contributed by atoms with Crippen LogP contribution in [-0.2, 0) is 0 Å². The zero-order valence-electron chi connectivity index (χ0n) is 11.2. The Morgan fingerprint density at radius 2 is 1.59 bits per heavy atom. The average Bonchev–Trinajstić information content (AvgIpc) is 2.30. The van der Waals surface area contributed by atoms with Gasteiger partial charge < -0.3 is 5.11 Å². The third-order valence-electron chi connectivity index (χ3n) is 4.67. The molecule has 98 valence electrons. The zero-order chi connectivity index (χ0) is 12.1. The van der Waals surface area contributed by atoms with E-state index in [-0.39, 0.29) is 0 Å². The molecule has 0 bridgehead atoms. The summed E-state index contributed by atoms with van der Waals surface area (Å²) in [4.78, 5) is 0. The van der Waals surface area contributed by atoms with E-state index in [1.54, 1.807) is 0 Å². The first kappa shape index (κ1) is 13.1. The smallest absolute Gasteiger partial charge is 0.0684 e. The second-order valence-electron chi connectivity index (χ2n) is 6.42. The van der Waals surface area contributed by atoms with E-state index >= 15 is 0 Å². The Balaban J connectivity index is 1.75. The quantitative estimate of drug-likeness (QED) is 0.707.